The molecule has 0 bridgehead atoms. The normalized spacial score (nSPS) is 10.2. The largest absolute Gasteiger partial charge is 0.493 e. The number of rotatable bonds is 6. The van der Waals surface area contributed by atoms with E-state index < -0.39 is 4.92 Å². The quantitative estimate of drug-likeness (QED) is 0.652. The number of ether oxygens (including phenoxy) is 1. The van der Waals surface area contributed by atoms with Crippen molar-refractivity contribution in [2.45, 2.75) is 20.3 Å². The second-order valence-corrected chi connectivity index (χ2v) is 5.27. The molecule has 2 aromatic rings. The number of carbonyl (C=O) groups excluding carboxylic acids is 1. The Bertz CT molecular complexity index is 691. The minimum Gasteiger partial charge on any atom is -0.493 e. The summed E-state index contributed by atoms with van der Waals surface area (Å²) in [6.07, 6.45) is 0.198. The highest BCUT2D eigenvalue weighted by Crippen LogP contribution is 2.17. The zero-order valence-corrected chi connectivity index (χ0v) is 13.0. The molecule has 0 aliphatic rings. The van der Waals surface area contributed by atoms with Crippen LogP contribution in [0.25, 0.3) is 0 Å². The van der Waals surface area contributed by atoms with Gasteiger partial charge in [-0.3, -0.25) is 14.9 Å². The van der Waals surface area contributed by atoms with Crippen LogP contribution in [0.1, 0.15) is 17.5 Å². The molecular formula is C17H18N2O4. The van der Waals surface area contributed by atoms with Gasteiger partial charge in [-0.25, -0.2) is 0 Å². The number of hydrogen-bond acceptors (Lipinski definition) is 4. The van der Waals surface area contributed by atoms with Crippen LogP contribution < -0.4 is 10.1 Å². The van der Waals surface area contributed by atoms with Gasteiger partial charge >= 0.3 is 0 Å². The Morgan fingerprint density at radius 3 is 2.30 bits per heavy atom. The Labute approximate surface area is 134 Å². The number of nitrogens with zero attached hydrogens (tertiary/aromatic N) is 1. The highest BCUT2D eigenvalue weighted by molar-refractivity contribution is 5.90. The van der Waals surface area contributed by atoms with Gasteiger partial charge in [0.05, 0.1) is 18.0 Å². The summed E-state index contributed by atoms with van der Waals surface area (Å²) < 4.78 is 5.41. The molecule has 2 aromatic carbocycles. The highest BCUT2D eigenvalue weighted by atomic mass is 16.6. The molecule has 0 atom stereocenters. The van der Waals surface area contributed by atoms with Gasteiger partial charge in [-0.05, 0) is 49.2 Å². The fourth-order valence-corrected chi connectivity index (χ4v) is 2.20. The molecule has 0 saturated heterocycles. The van der Waals surface area contributed by atoms with Crippen molar-refractivity contribution >= 4 is 17.3 Å². The number of amides is 1. The third kappa shape index (κ3) is 5.10. The van der Waals surface area contributed by atoms with Crippen LogP contribution in [0.5, 0.6) is 5.75 Å². The van der Waals surface area contributed by atoms with Gasteiger partial charge in [0, 0.05) is 17.8 Å². The van der Waals surface area contributed by atoms with Crippen LogP contribution in [-0.2, 0) is 4.79 Å². The van der Waals surface area contributed by atoms with Crippen molar-refractivity contribution in [1.82, 2.24) is 0 Å². The van der Waals surface area contributed by atoms with Crippen LogP contribution in [-0.4, -0.2) is 17.4 Å². The Balaban J connectivity index is 1.81. The first-order chi connectivity index (χ1) is 10.9. The highest BCUT2D eigenvalue weighted by Gasteiger charge is 2.06. The van der Waals surface area contributed by atoms with E-state index in [2.05, 4.69) is 5.32 Å². The van der Waals surface area contributed by atoms with Gasteiger partial charge in [-0.15, -0.1) is 0 Å². The molecule has 0 unspecified atom stereocenters. The third-order valence-corrected chi connectivity index (χ3v) is 3.15. The lowest BCUT2D eigenvalue weighted by Crippen LogP contribution is -2.15. The molecule has 0 aromatic heterocycles. The average Bonchev–Trinajstić information content (AvgIpc) is 2.46. The molecule has 0 saturated carbocycles. The number of nitro groups is 1. The predicted molar refractivity (Wildman–Crippen MR) is 87.8 cm³/mol. The molecule has 120 valence electrons. The zero-order valence-electron chi connectivity index (χ0n) is 13.0. The Morgan fingerprint density at radius 2 is 1.74 bits per heavy atom. The molecule has 1 N–H and O–H groups in total. The van der Waals surface area contributed by atoms with Crippen molar-refractivity contribution in [3.8, 4) is 5.75 Å². The SMILES string of the molecule is Cc1cc(C)cc(NC(=O)CCOc2ccc([N+](=O)[O-])cc2)c1. The van der Waals surface area contributed by atoms with Gasteiger partial charge in [0.15, 0.2) is 0 Å². The summed E-state index contributed by atoms with van der Waals surface area (Å²) in [5.41, 5.74) is 2.94. The molecule has 2 rings (SSSR count). The van der Waals surface area contributed by atoms with Gasteiger partial charge in [0.25, 0.3) is 5.69 Å². The van der Waals surface area contributed by atoms with E-state index in [1.165, 1.54) is 24.3 Å². The monoisotopic (exact) mass is 314 g/mol. The van der Waals surface area contributed by atoms with Crippen molar-refractivity contribution < 1.29 is 14.5 Å². The van der Waals surface area contributed by atoms with E-state index in [0.717, 1.165) is 16.8 Å². The van der Waals surface area contributed by atoms with E-state index in [-0.39, 0.29) is 24.6 Å². The Hall–Kier alpha value is -2.89. The molecule has 1 amide bonds. The second kappa shape index (κ2) is 7.40. The van der Waals surface area contributed by atoms with Crippen LogP contribution in [0.4, 0.5) is 11.4 Å². The zero-order chi connectivity index (χ0) is 16.8. The summed E-state index contributed by atoms with van der Waals surface area (Å²) in [5.74, 6) is 0.353. The van der Waals surface area contributed by atoms with E-state index in [1.54, 1.807) is 0 Å². The Morgan fingerprint density at radius 1 is 1.13 bits per heavy atom. The number of non-ortho nitro benzene ring substituents is 1. The lowest BCUT2D eigenvalue weighted by Gasteiger charge is -2.08. The van der Waals surface area contributed by atoms with Crippen LogP contribution in [0.3, 0.4) is 0 Å². The van der Waals surface area contributed by atoms with Crippen molar-refractivity contribution in [3.05, 3.63) is 63.7 Å². The molecule has 0 radical (unpaired) electrons. The summed E-state index contributed by atoms with van der Waals surface area (Å²) in [5, 5.41) is 13.4. The number of benzene rings is 2. The second-order valence-electron chi connectivity index (χ2n) is 5.27. The first kappa shape index (κ1) is 16.5. The number of anilines is 1. The predicted octanol–water partition coefficient (Wildman–Crippen LogP) is 3.62. The van der Waals surface area contributed by atoms with Crippen molar-refractivity contribution in [2.24, 2.45) is 0 Å². The summed E-state index contributed by atoms with van der Waals surface area (Å²) in [6, 6.07) is 11.6. The first-order valence-electron chi connectivity index (χ1n) is 7.19. The van der Waals surface area contributed by atoms with Crippen LogP contribution in [0.15, 0.2) is 42.5 Å². The topological polar surface area (TPSA) is 81.5 Å². The third-order valence-electron chi connectivity index (χ3n) is 3.15. The van der Waals surface area contributed by atoms with E-state index in [0.29, 0.717) is 5.75 Å². The molecule has 6 nitrogen and oxygen atoms in total. The minimum absolute atomic E-state index is 0.00455. The van der Waals surface area contributed by atoms with Gasteiger partial charge in [-0.2, -0.15) is 0 Å². The van der Waals surface area contributed by atoms with E-state index in [9.17, 15) is 14.9 Å². The summed E-state index contributed by atoms with van der Waals surface area (Å²) >= 11 is 0. The van der Waals surface area contributed by atoms with E-state index in [4.69, 9.17) is 4.74 Å². The summed E-state index contributed by atoms with van der Waals surface area (Å²) in [7, 11) is 0. The minimum atomic E-state index is -0.471. The van der Waals surface area contributed by atoms with E-state index in [1.807, 2.05) is 32.0 Å². The van der Waals surface area contributed by atoms with E-state index >= 15 is 0 Å². The molecule has 0 fully saturated rings. The van der Waals surface area contributed by atoms with Crippen molar-refractivity contribution in [2.75, 3.05) is 11.9 Å². The lowest BCUT2D eigenvalue weighted by molar-refractivity contribution is -0.384. The van der Waals surface area contributed by atoms with Crippen molar-refractivity contribution in [1.29, 1.82) is 0 Å². The molecule has 6 heteroatoms. The van der Waals surface area contributed by atoms with Crippen LogP contribution in [0, 0.1) is 24.0 Å². The first-order valence-corrected chi connectivity index (χ1v) is 7.19. The standard InChI is InChI=1S/C17H18N2O4/c1-12-9-13(2)11-14(10-12)18-17(20)7-8-23-16-5-3-15(4-6-16)19(21)22/h3-6,9-11H,7-8H2,1-2H3,(H,18,20). The summed E-state index contributed by atoms with van der Waals surface area (Å²) in [6.45, 7) is 4.15. The summed E-state index contributed by atoms with van der Waals surface area (Å²) in [4.78, 5) is 22.0. The number of aryl methyl sites for hydroxylation is 2. The van der Waals surface area contributed by atoms with Crippen LogP contribution >= 0.6 is 0 Å². The molecule has 0 aliphatic carbocycles. The molecular weight excluding hydrogens is 296 g/mol. The number of hydrogen-bond donors (Lipinski definition) is 1. The maximum atomic E-state index is 11.9. The van der Waals surface area contributed by atoms with Crippen molar-refractivity contribution in [3.63, 3.8) is 0 Å². The Kier molecular flexibility index (Phi) is 5.30. The molecule has 0 aliphatic heterocycles. The van der Waals surface area contributed by atoms with Gasteiger partial charge in [0.2, 0.25) is 5.91 Å². The molecule has 0 spiro atoms. The average molecular weight is 314 g/mol. The van der Waals surface area contributed by atoms with Gasteiger partial charge in [0.1, 0.15) is 5.75 Å². The number of nitro benzene ring substituents is 1. The van der Waals surface area contributed by atoms with Gasteiger partial charge < -0.3 is 10.1 Å². The number of carbonyl (C=O) groups is 1. The fourth-order valence-electron chi connectivity index (χ4n) is 2.20. The molecule has 0 heterocycles. The fraction of sp³-hybridized carbons (Fsp3) is 0.235. The smallest absolute Gasteiger partial charge is 0.269 e. The van der Waals surface area contributed by atoms with Gasteiger partial charge in [-0.1, -0.05) is 6.07 Å². The lowest BCUT2D eigenvalue weighted by atomic mass is 10.1. The maximum Gasteiger partial charge on any atom is 0.269 e. The molecule has 23 heavy (non-hydrogen) atoms. The number of nitrogens with one attached hydrogen (secondary N) is 1. The van der Waals surface area contributed by atoms with Crippen LogP contribution in [0.2, 0.25) is 0 Å². The maximum absolute atomic E-state index is 11.9.